The van der Waals surface area contributed by atoms with Crippen LogP contribution < -0.4 is 0 Å². The summed E-state index contributed by atoms with van der Waals surface area (Å²) in [5, 5.41) is 0.603. The van der Waals surface area contributed by atoms with Gasteiger partial charge >= 0.3 is 0 Å². The van der Waals surface area contributed by atoms with E-state index in [1.165, 1.54) is 119 Å². The van der Waals surface area contributed by atoms with Gasteiger partial charge in [0.05, 0.1) is 0 Å². The molecule has 0 bridgehead atoms. The van der Waals surface area contributed by atoms with Gasteiger partial charge in [-0.25, -0.2) is 0 Å². The average Bonchev–Trinajstić information content (AvgIpc) is 2.74. The Morgan fingerprint density at radius 2 is 1.07 bits per heavy atom. The molecule has 1 aromatic carbocycles. The zero-order chi connectivity index (χ0) is 21.2. The SMILES string of the molecule is CCCCCCCCC(c1ccccc1)C([SiH3])(CCCCCC)CCCCCC. The topological polar surface area (TPSA) is 0 Å². The highest BCUT2D eigenvalue weighted by Gasteiger charge is 2.33. The second-order valence-electron chi connectivity index (χ2n) is 9.80. The summed E-state index contributed by atoms with van der Waals surface area (Å²) in [6, 6.07) is 11.6. The van der Waals surface area contributed by atoms with Crippen molar-refractivity contribution in [3.05, 3.63) is 35.9 Å². The van der Waals surface area contributed by atoms with Crippen LogP contribution in [0.4, 0.5) is 0 Å². The van der Waals surface area contributed by atoms with Gasteiger partial charge in [-0.15, -0.1) is 0 Å². The van der Waals surface area contributed by atoms with E-state index in [-0.39, 0.29) is 0 Å². The molecule has 0 amide bonds. The van der Waals surface area contributed by atoms with Crippen LogP contribution in [-0.4, -0.2) is 10.2 Å². The molecule has 1 atom stereocenters. The number of unbranched alkanes of at least 4 members (excludes halogenated alkanes) is 11. The van der Waals surface area contributed by atoms with Gasteiger partial charge in [0.2, 0.25) is 0 Å². The highest BCUT2D eigenvalue weighted by atomic mass is 28.1. The molecule has 1 aromatic rings. The fourth-order valence-electron chi connectivity index (χ4n) is 5.12. The van der Waals surface area contributed by atoms with E-state index >= 15 is 0 Å². The van der Waals surface area contributed by atoms with Crippen molar-refractivity contribution in [1.82, 2.24) is 0 Å². The minimum absolute atomic E-state index is 0.603. The third kappa shape index (κ3) is 11.4. The average molecular weight is 417 g/mol. The lowest BCUT2D eigenvalue weighted by molar-refractivity contribution is 0.342. The van der Waals surface area contributed by atoms with Crippen molar-refractivity contribution in [2.24, 2.45) is 0 Å². The van der Waals surface area contributed by atoms with E-state index in [2.05, 4.69) is 51.1 Å². The van der Waals surface area contributed by atoms with Gasteiger partial charge in [-0.3, -0.25) is 0 Å². The second-order valence-corrected chi connectivity index (χ2v) is 11.8. The van der Waals surface area contributed by atoms with Crippen molar-refractivity contribution >= 4 is 10.2 Å². The predicted octanol–water partition coefficient (Wildman–Crippen LogP) is 8.99. The Balaban J connectivity index is 2.81. The van der Waals surface area contributed by atoms with E-state index in [9.17, 15) is 0 Å². The first kappa shape index (κ1) is 26.5. The fraction of sp³-hybridized carbons (Fsp3) is 0.786. The number of hydrogen-bond donors (Lipinski definition) is 0. The summed E-state index contributed by atoms with van der Waals surface area (Å²) in [5.41, 5.74) is 1.64. The highest BCUT2D eigenvalue weighted by molar-refractivity contribution is 6.15. The normalized spacial score (nSPS) is 13.1. The number of rotatable bonds is 19. The fourth-order valence-corrected chi connectivity index (χ4v) is 6.45. The van der Waals surface area contributed by atoms with Crippen molar-refractivity contribution in [3.8, 4) is 0 Å². The molecule has 168 valence electrons. The molecule has 0 spiro atoms. The van der Waals surface area contributed by atoms with Crippen molar-refractivity contribution in [1.29, 1.82) is 0 Å². The molecule has 1 rings (SSSR count). The largest absolute Gasteiger partial charge is 0.0654 e. The Labute approximate surface area is 187 Å². The van der Waals surface area contributed by atoms with E-state index in [1.807, 2.05) is 0 Å². The molecule has 1 unspecified atom stereocenters. The van der Waals surface area contributed by atoms with Crippen LogP contribution >= 0.6 is 0 Å². The molecule has 0 nitrogen and oxygen atoms in total. The monoisotopic (exact) mass is 416 g/mol. The summed E-state index contributed by atoms with van der Waals surface area (Å²) >= 11 is 0. The van der Waals surface area contributed by atoms with Gasteiger partial charge in [-0.05, 0) is 22.9 Å². The molecule has 1 heteroatoms. The molecule has 0 aliphatic heterocycles. The van der Waals surface area contributed by atoms with E-state index in [0.29, 0.717) is 5.04 Å². The zero-order valence-electron chi connectivity index (χ0n) is 20.5. The number of hydrogen-bond acceptors (Lipinski definition) is 0. The molecular weight excluding hydrogens is 364 g/mol. The summed E-state index contributed by atoms with van der Waals surface area (Å²) in [4.78, 5) is 0. The second kappa shape index (κ2) is 17.2. The third-order valence-electron chi connectivity index (χ3n) is 7.09. The van der Waals surface area contributed by atoms with Crippen molar-refractivity contribution < 1.29 is 0 Å². The minimum Gasteiger partial charge on any atom is -0.0654 e. The summed E-state index contributed by atoms with van der Waals surface area (Å²) < 4.78 is 0. The highest BCUT2D eigenvalue weighted by Crippen LogP contribution is 2.51. The van der Waals surface area contributed by atoms with Crippen molar-refractivity contribution in [2.75, 3.05) is 0 Å². The smallest absolute Gasteiger partial charge is 0.0114 e. The van der Waals surface area contributed by atoms with Crippen LogP contribution in [0.15, 0.2) is 30.3 Å². The lowest BCUT2D eigenvalue weighted by atomic mass is 9.75. The van der Waals surface area contributed by atoms with Crippen LogP contribution in [0.2, 0.25) is 5.04 Å². The van der Waals surface area contributed by atoms with Gasteiger partial charge in [0.25, 0.3) is 0 Å². The third-order valence-corrected chi connectivity index (χ3v) is 8.79. The van der Waals surface area contributed by atoms with Gasteiger partial charge < -0.3 is 0 Å². The van der Waals surface area contributed by atoms with Crippen LogP contribution in [0.25, 0.3) is 0 Å². The molecule has 0 heterocycles. The molecule has 0 radical (unpaired) electrons. The molecule has 0 saturated carbocycles. The molecule has 0 aliphatic rings. The first-order chi connectivity index (χ1) is 14.2. The Kier molecular flexibility index (Phi) is 15.7. The molecule has 0 aromatic heterocycles. The predicted molar refractivity (Wildman–Crippen MR) is 137 cm³/mol. The molecular formula is C28H52Si. The Bertz CT molecular complexity index is 454. The molecule has 0 saturated heterocycles. The van der Waals surface area contributed by atoms with E-state index in [4.69, 9.17) is 0 Å². The van der Waals surface area contributed by atoms with Crippen LogP contribution in [0.1, 0.15) is 141 Å². The maximum Gasteiger partial charge on any atom is 0.0114 e. The summed E-state index contributed by atoms with van der Waals surface area (Å²) in [6.45, 7) is 6.99. The summed E-state index contributed by atoms with van der Waals surface area (Å²) in [7, 11) is 1.34. The van der Waals surface area contributed by atoms with E-state index < -0.39 is 0 Å². The van der Waals surface area contributed by atoms with Gasteiger partial charge in [-0.1, -0.05) is 154 Å². The Hall–Kier alpha value is -0.563. The maximum atomic E-state index is 2.44. The minimum atomic E-state index is 0.603. The first-order valence-electron chi connectivity index (χ1n) is 13.2. The molecule has 0 N–H and O–H groups in total. The maximum absolute atomic E-state index is 2.44. The lowest BCUT2D eigenvalue weighted by Gasteiger charge is -2.39. The van der Waals surface area contributed by atoms with Crippen molar-refractivity contribution in [2.45, 2.75) is 141 Å². The molecule has 0 fully saturated rings. The van der Waals surface area contributed by atoms with Crippen LogP contribution in [0.5, 0.6) is 0 Å². The molecule has 29 heavy (non-hydrogen) atoms. The van der Waals surface area contributed by atoms with Crippen molar-refractivity contribution in [3.63, 3.8) is 0 Å². The van der Waals surface area contributed by atoms with Gasteiger partial charge in [0.1, 0.15) is 0 Å². The van der Waals surface area contributed by atoms with Gasteiger partial charge in [0.15, 0.2) is 0 Å². The van der Waals surface area contributed by atoms with Gasteiger partial charge in [-0.2, -0.15) is 0 Å². The number of benzene rings is 1. The Morgan fingerprint density at radius 3 is 1.59 bits per heavy atom. The zero-order valence-corrected chi connectivity index (χ0v) is 22.5. The standard InChI is InChI=1S/C28H52Si/c1-4-7-10-13-14-18-23-27(26-21-16-15-17-22-26)28(29,24-19-11-8-5-2)25-20-12-9-6-3/h15-17,21-22,27H,4-14,18-20,23-25H2,1-3,29H3. The van der Waals surface area contributed by atoms with Crippen LogP contribution in [0, 0.1) is 0 Å². The Morgan fingerprint density at radius 1 is 0.621 bits per heavy atom. The first-order valence-corrected chi connectivity index (χ1v) is 14.2. The quantitative estimate of drug-likeness (QED) is 0.156. The van der Waals surface area contributed by atoms with Crippen LogP contribution in [0.3, 0.4) is 0 Å². The lowest BCUT2D eigenvalue weighted by Crippen LogP contribution is -2.23. The van der Waals surface area contributed by atoms with Crippen LogP contribution in [-0.2, 0) is 0 Å². The summed E-state index contributed by atoms with van der Waals surface area (Å²) in [5.74, 6) is 0.796. The van der Waals surface area contributed by atoms with Gasteiger partial charge in [0, 0.05) is 10.2 Å². The van der Waals surface area contributed by atoms with E-state index in [0.717, 1.165) is 5.92 Å². The molecule has 0 aliphatic carbocycles. The summed E-state index contributed by atoms with van der Waals surface area (Å²) in [6.07, 6.45) is 24.2. The van der Waals surface area contributed by atoms with E-state index in [1.54, 1.807) is 5.56 Å².